The fraction of sp³-hybridized carbons (Fsp3) is 0.273. The quantitative estimate of drug-likeness (QED) is 0.863. The first-order valence-corrected chi connectivity index (χ1v) is 5.97. The molecule has 0 saturated heterocycles. The lowest BCUT2D eigenvalue weighted by Crippen LogP contribution is -2.12. The van der Waals surface area contributed by atoms with Crippen LogP contribution in [-0.4, -0.2) is 19.9 Å². The summed E-state index contributed by atoms with van der Waals surface area (Å²) in [5.41, 5.74) is 0.637. The van der Waals surface area contributed by atoms with Gasteiger partial charge in [0.15, 0.2) is 5.16 Å². The van der Waals surface area contributed by atoms with Gasteiger partial charge in [0.2, 0.25) is 0 Å². The fourth-order valence-electron chi connectivity index (χ4n) is 1.34. The Balaban J connectivity index is 2.19. The van der Waals surface area contributed by atoms with Crippen LogP contribution in [0.25, 0.3) is 0 Å². The molecule has 0 bridgehead atoms. The van der Waals surface area contributed by atoms with Gasteiger partial charge in [-0.25, -0.2) is 9.89 Å². The topological polar surface area (TPSA) is 70.9 Å². The number of aromatic nitrogens is 3. The summed E-state index contributed by atoms with van der Waals surface area (Å²) in [6.45, 7) is 1.72. The maximum Gasteiger partial charge on any atom is 0.343 e. The lowest BCUT2D eigenvalue weighted by molar-refractivity contribution is 0.199. The van der Waals surface area contributed by atoms with Gasteiger partial charge in [-0.3, -0.25) is 4.57 Å². The van der Waals surface area contributed by atoms with Crippen LogP contribution in [0.3, 0.4) is 0 Å². The summed E-state index contributed by atoms with van der Waals surface area (Å²) in [6.07, 6.45) is -0.469. The second-order valence-corrected chi connectivity index (χ2v) is 4.76. The van der Waals surface area contributed by atoms with Crippen molar-refractivity contribution in [3.8, 4) is 0 Å². The van der Waals surface area contributed by atoms with Crippen molar-refractivity contribution in [2.75, 3.05) is 0 Å². The van der Waals surface area contributed by atoms with Crippen molar-refractivity contribution < 1.29 is 5.11 Å². The van der Waals surface area contributed by atoms with Crippen LogP contribution < -0.4 is 5.69 Å². The average Bonchev–Trinajstić information content (AvgIpc) is 2.62. The number of aromatic amines is 1. The number of benzene rings is 1. The van der Waals surface area contributed by atoms with Crippen molar-refractivity contribution in [2.24, 2.45) is 7.05 Å². The number of nitrogens with one attached hydrogen (secondary N) is 1. The molecule has 0 amide bonds. The Hall–Kier alpha value is -1.53. The molecule has 0 saturated carbocycles. The smallest absolute Gasteiger partial charge is 0.343 e. The molecule has 0 aliphatic heterocycles. The third kappa shape index (κ3) is 2.59. The standard InChI is InChI=1S/C11H13N3O2S/c1-7(15)8-3-5-9(6-4-8)17-11-13-12-10(16)14(11)2/h3-7,15H,1-2H3,(H,12,16)/t7-/m0/s1. The first kappa shape index (κ1) is 11.9. The molecule has 5 nitrogen and oxygen atoms in total. The summed E-state index contributed by atoms with van der Waals surface area (Å²) in [6, 6.07) is 7.51. The summed E-state index contributed by atoms with van der Waals surface area (Å²) >= 11 is 1.39. The van der Waals surface area contributed by atoms with Crippen LogP contribution in [0.1, 0.15) is 18.6 Å². The molecule has 1 aromatic heterocycles. The second-order valence-electron chi connectivity index (χ2n) is 3.72. The van der Waals surface area contributed by atoms with Crippen molar-refractivity contribution in [1.29, 1.82) is 0 Å². The van der Waals surface area contributed by atoms with Crippen LogP contribution in [0.4, 0.5) is 0 Å². The molecule has 0 radical (unpaired) electrons. The van der Waals surface area contributed by atoms with Gasteiger partial charge in [0.05, 0.1) is 6.10 Å². The maximum atomic E-state index is 11.2. The van der Waals surface area contributed by atoms with E-state index in [9.17, 15) is 9.90 Å². The Bertz CT molecular complexity index is 557. The molecule has 1 atom stereocenters. The van der Waals surface area contributed by atoms with Crippen molar-refractivity contribution in [3.63, 3.8) is 0 Å². The molecule has 90 valence electrons. The summed E-state index contributed by atoms with van der Waals surface area (Å²) in [5, 5.41) is 16.3. The molecule has 2 aromatic rings. The van der Waals surface area contributed by atoms with Gasteiger partial charge in [-0.2, -0.15) is 0 Å². The van der Waals surface area contributed by atoms with E-state index in [1.54, 1.807) is 14.0 Å². The largest absolute Gasteiger partial charge is 0.389 e. The predicted molar refractivity (Wildman–Crippen MR) is 65.0 cm³/mol. The van der Waals surface area contributed by atoms with Crippen LogP contribution in [0.2, 0.25) is 0 Å². The number of aliphatic hydroxyl groups is 1. The maximum absolute atomic E-state index is 11.2. The van der Waals surface area contributed by atoms with E-state index in [1.807, 2.05) is 24.3 Å². The van der Waals surface area contributed by atoms with Gasteiger partial charge in [0.1, 0.15) is 0 Å². The summed E-state index contributed by atoms with van der Waals surface area (Å²) in [4.78, 5) is 12.1. The van der Waals surface area contributed by atoms with E-state index in [-0.39, 0.29) is 5.69 Å². The van der Waals surface area contributed by atoms with Crippen molar-refractivity contribution in [3.05, 3.63) is 40.3 Å². The van der Waals surface area contributed by atoms with E-state index in [1.165, 1.54) is 16.3 Å². The van der Waals surface area contributed by atoms with Crippen molar-refractivity contribution in [1.82, 2.24) is 14.8 Å². The van der Waals surface area contributed by atoms with Gasteiger partial charge in [-0.05, 0) is 36.4 Å². The first-order chi connectivity index (χ1) is 8.08. The first-order valence-electron chi connectivity index (χ1n) is 5.15. The minimum atomic E-state index is -0.469. The number of rotatable bonds is 3. The van der Waals surface area contributed by atoms with Gasteiger partial charge in [0, 0.05) is 11.9 Å². The highest BCUT2D eigenvalue weighted by molar-refractivity contribution is 7.99. The van der Waals surface area contributed by atoms with Gasteiger partial charge in [-0.1, -0.05) is 12.1 Å². The second kappa shape index (κ2) is 4.77. The van der Waals surface area contributed by atoms with E-state index in [0.717, 1.165) is 10.5 Å². The summed E-state index contributed by atoms with van der Waals surface area (Å²) in [5.74, 6) is 0. The molecule has 17 heavy (non-hydrogen) atoms. The Morgan fingerprint density at radius 2 is 2.06 bits per heavy atom. The van der Waals surface area contributed by atoms with Crippen LogP contribution in [0.15, 0.2) is 39.1 Å². The molecule has 0 spiro atoms. The van der Waals surface area contributed by atoms with Gasteiger partial charge in [-0.15, -0.1) is 5.10 Å². The zero-order valence-corrected chi connectivity index (χ0v) is 10.4. The minimum absolute atomic E-state index is 0.229. The van der Waals surface area contributed by atoms with Gasteiger partial charge < -0.3 is 5.11 Å². The third-order valence-corrected chi connectivity index (χ3v) is 3.47. The molecule has 1 aromatic carbocycles. The predicted octanol–water partition coefficient (Wildman–Crippen LogP) is 1.31. The Labute approximate surface area is 102 Å². The highest BCUT2D eigenvalue weighted by Gasteiger charge is 2.06. The number of aliphatic hydroxyl groups excluding tert-OH is 1. The van der Waals surface area contributed by atoms with E-state index in [2.05, 4.69) is 10.2 Å². The summed E-state index contributed by atoms with van der Waals surface area (Å²) < 4.78 is 1.45. The van der Waals surface area contributed by atoms with Crippen LogP contribution in [-0.2, 0) is 7.05 Å². The SMILES string of the molecule is C[C@H](O)c1ccc(Sc2n[nH]c(=O)n2C)cc1. The lowest BCUT2D eigenvalue weighted by atomic mass is 10.1. The average molecular weight is 251 g/mol. The zero-order valence-electron chi connectivity index (χ0n) is 9.54. The Morgan fingerprint density at radius 3 is 2.53 bits per heavy atom. The Morgan fingerprint density at radius 1 is 1.41 bits per heavy atom. The lowest BCUT2D eigenvalue weighted by Gasteiger charge is -2.05. The van der Waals surface area contributed by atoms with Crippen LogP contribution >= 0.6 is 11.8 Å². The van der Waals surface area contributed by atoms with E-state index < -0.39 is 6.10 Å². The van der Waals surface area contributed by atoms with Crippen molar-refractivity contribution >= 4 is 11.8 Å². The molecule has 6 heteroatoms. The normalized spacial score (nSPS) is 12.6. The third-order valence-electron chi connectivity index (χ3n) is 2.41. The van der Waals surface area contributed by atoms with Gasteiger partial charge >= 0.3 is 5.69 Å². The molecular formula is C11H13N3O2S. The molecule has 2 N–H and O–H groups in total. The van der Waals surface area contributed by atoms with Crippen molar-refractivity contribution in [2.45, 2.75) is 23.1 Å². The molecule has 1 heterocycles. The van der Waals surface area contributed by atoms with Gasteiger partial charge in [0.25, 0.3) is 0 Å². The molecule has 2 rings (SSSR count). The van der Waals surface area contributed by atoms with E-state index in [0.29, 0.717) is 5.16 Å². The number of H-pyrrole nitrogens is 1. The zero-order chi connectivity index (χ0) is 12.4. The molecule has 0 unspecified atom stereocenters. The fourth-order valence-corrected chi connectivity index (χ4v) is 2.14. The van der Waals surface area contributed by atoms with Crippen LogP contribution in [0.5, 0.6) is 0 Å². The number of hydrogen-bond donors (Lipinski definition) is 2. The summed E-state index contributed by atoms with van der Waals surface area (Å²) in [7, 11) is 1.67. The monoisotopic (exact) mass is 251 g/mol. The molecular weight excluding hydrogens is 238 g/mol. The highest BCUT2D eigenvalue weighted by atomic mass is 32.2. The number of nitrogens with zero attached hydrogens (tertiary/aromatic N) is 2. The molecule has 0 fully saturated rings. The van der Waals surface area contributed by atoms with E-state index in [4.69, 9.17) is 0 Å². The molecule has 0 aliphatic carbocycles. The van der Waals surface area contributed by atoms with Crippen LogP contribution in [0, 0.1) is 0 Å². The van der Waals surface area contributed by atoms with E-state index >= 15 is 0 Å². The number of hydrogen-bond acceptors (Lipinski definition) is 4. The molecule has 0 aliphatic rings. The minimum Gasteiger partial charge on any atom is -0.389 e. The highest BCUT2D eigenvalue weighted by Crippen LogP contribution is 2.25. The Kier molecular flexibility index (Phi) is 3.35.